The normalized spacial score (nSPS) is 10.5. The number of aromatic nitrogens is 2. The molecule has 2 aromatic carbocycles. The van der Waals surface area contributed by atoms with Crippen LogP contribution < -0.4 is 10.1 Å². The molecular weight excluding hydrogens is 368 g/mol. The molecule has 0 aliphatic carbocycles. The number of benzene rings is 2. The number of hydrogen-bond donors (Lipinski definition) is 1. The summed E-state index contributed by atoms with van der Waals surface area (Å²) < 4.78 is 7.12. The Morgan fingerprint density at radius 3 is 2.48 bits per heavy atom. The number of carbonyl (C=O) groups is 2. The highest BCUT2D eigenvalue weighted by molar-refractivity contribution is 6.06. The molecule has 0 bridgehead atoms. The predicted octanol–water partition coefficient (Wildman–Crippen LogP) is 3.45. The van der Waals surface area contributed by atoms with Crippen molar-refractivity contribution in [2.24, 2.45) is 0 Å². The standard InChI is InChI=1S/C22H24N4O3/c1-14-8-6-7-9-19(14)26-15(2)17(13-23-26)21(27)24-18-11-10-16(12-20(18)29-5)22(28)25(3)4/h6-13H,1-5H3,(H,24,27). The molecule has 0 aliphatic heterocycles. The van der Waals surface area contributed by atoms with Gasteiger partial charge in [-0.25, -0.2) is 4.68 Å². The number of aryl methyl sites for hydroxylation is 1. The van der Waals surface area contributed by atoms with E-state index in [0.29, 0.717) is 22.6 Å². The molecule has 1 N–H and O–H groups in total. The lowest BCUT2D eigenvalue weighted by molar-refractivity contribution is 0.0827. The van der Waals surface area contributed by atoms with Gasteiger partial charge in [0.2, 0.25) is 0 Å². The second kappa shape index (κ2) is 8.18. The fourth-order valence-electron chi connectivity index (χ4n) is 3.05. The summed E-state index contributed by atoms with van der Waals surface area (Å²) in [5.41, 5.74) is 4.14. The van der Waals surface area contributed by atoms with Crippen molar-refractivity contribution in [1.82, 2.24) is 14.7 Å². The van der Waals surface area contributed by atoms with Crippen LogP contribution in [0.25, 0.3) is 5.69 Å². The van der Waals surface area contributed by atoms with E-state index in [-0.39, 0.29) is 11.8 Å². The Bertz CT molecular complexity index is 1070. The average molecular weight is 392 g/mol. The second-order valence-corrected chi connectivity index (χ2v) is 6.91. The maximum Gasteiger partial charge on any atom is 0.259 e. The molecule has 0 fully saturated rings. The van der Waals surface area contributed by atoms with Crippen LogP contribution >= 0.6 is 0 Å². The van der Waals surface area contributed by atoms with Crippen molar-refractivity contribution in [3.8, 4) is 11.4 Å². The van der Waals surface area contributed by atoms with E-state index in [2.05, 4.69) is 10.4 Å². The van der Waals surface area contributed by atoms with Gasteiger partial charge in [-0.15, -0.1) is 0 Å². The van der Waals surface area contributed by atoms with Crippen LogP contribution in [0.4, 0.5) is 5.69 Å². The van der Waals surface area contributed by atoms with E-state index in [4.69, 9.17) is 4.74 Å². The number of amides is 2. The van der Waals surface area contributed by atoms with Gasteiger partial charge in [-0.2, -0.15) is 5.10 Å². The summed E-state index contributed by atoms with van der Waals surface area (Å²) in [4.78, 5) is 26.5. The van der Waals surface area contributed by atoms with Crippen molar-refractivity contribution in [2.75, 3.05) is 26.5 Å². The van der Waals surface area contributed by atoms with E-state index in [1.54, 1.807) is 43.2 Å². The van der Waals surface area contributed by atoms with Gasteiger partial charge in [0.1, 0.15) is 5.75 Å². The zero-order valence-corrected chi connectivity index (χ0v) is 17.2. The van der Waals surface area contributed by atoms with Gasteiger partial charge in [-0.3, -0.25) is 9.59 Å². The molecule has 0 spiro atoms. The predicted molar refractivity (Wildman–Crippen MR) is 112 cm³/mol. The van der Waals surface area contributed by atoms with Crippen LogP contribution in [0.15, 0.2) is 48.7 Å². The number of anilines is 1. The molecular formula is C22H24N4O3. The lowest BCUT2D eigenvalue weighted by atomic mass is 10.1. The van der Waals surface area contributed by atoms with Crippen molar-refractivity contribution in [1.29, 1.82) is 0 Å². The van der Waals surface area contributed by atoms with Crippen LogP contribution in [0, 0.1) is 13.8 Å². The molecule has 150 valence electrons. The molecule has 29 heavy (non-hydrogen) atoms. The van der Waals surface area contributed by atoms with E-state index in [1.807, 2.05) is 38.1 Å². The molecule has 0 radical (unpaired) electrons. The third-order valence-corrected chi connectivity index (χ3v) is 4.70. The first-order valence-corrected chi connectivity index (χ1v) is 9.15. The van der Waals surface area contributed by atoms with Crippen molar-refractivity contribution in [3.63, 3.8) is 0 Å². The number of hydrogen-bond acceptors (Lipinski definition) is 4. The quantitative estimate of drug-likeness (QED) is 0.722. The van der Waals surface area contributed by atoms with E-state index in [1.165, 1.54) is 12.0 Å². The van der Waals surface area contributed by atoms with Gasteiger partial charge in [0.05, 0.1) is 35.9 Å². The fourth-order valence-corrected chi connectivity index (χ4v) is 3.05. The van der Waals surface area contributed by atoms with E-state index < -0.39 is 0 Å². The summed E-state index contributed by atoms with van der Waals surface area (Å²) in [7, 11) is 4.86. The van der Waals surface area contributed by atoms with Crippen molar-refractivity contribution >= 4 is 17.5 Å². The number of para-hydroxylation sites is 1. The highest BCUT2D eigenvalue weighted by Gasteiger charge is 2.18. The van der Waals surface area contributed by atoms with E-state index >= 15 is 0 Å². The summed E-state index contributed by atoms with van der Waals surface area (Å²) in [5.74, 6) is -0.0288. The fraction of sp³-hybridized carbons (Fsp3) is 0.227. The number of rotatable bonds is 5. The summed E-state index contributed by atoms with van der Waals surface area (Å²) in [6.07, 6.45) is 1.55. The maximum absolute atomic E-state index is 12.9. The number of nitrogens with zero attached hydrogens (tertiary/aromatic N) is 3. The van der Waals surface area contributed by atoms with Crippen molar-refractivity contribution in [2.45, 2.75) is 13.8 Å². The van der Waals surface area contributed by atoms with Crippen LogP contribution in [0.3, 0.4) is 0 Å². The third kappa shape index (κ3) is 3.99. The summed E-state index contributed by atoms with van der Waals surface area (Å²) >= 11 is 0. The van der Waals surface area contributed by atoms with Gasteiger partial charge < -0.3 is 15.0 Å². The Kier molecular flexibility index (Phi) is 5.68. The van der Waals surface area contributed by atoms with E-state index in [9.17, 15) is 9.59 Å². The minimum absolute atomic E-state index is 0.142. The van der Waals surface area contributed by atoms with Gasteiger partial charge in [0, 0.05) is 19.7 Å². The second-order valence-electron chi connectivity index (χ2n) is 6.91. The SMILES string of the molecule is COc1cc(C(=O)N(C)C)ccc1NC(=O)c1cnn(-c2ccccc2C)c1C. The first-order valence-electron chi connectivity index (χ1n) is 9.15. The monoisotopic (exact) mass is 392 g/mol. The van der Waals surface area contributed by atoms with Gasteiger partial charge >= 0.3 is 0 Å². The Labute approximate surface area is 169 Å². The highest BCUT2D eigenvalue weighted by Crippen LogP contribution is 2.27. The molecule has 1 heterocycles. The Balaban J connectivity index is 1.88. The topological polar surface area (TPSA) is 76.5 Å². The first kappa shape index (κ1) is 20.1. The maximum atomic E-state index is 12.9. The molecule has 3 rings (SSSR count). The van der Waals surface area contributed by atoms with Gasteiger partial charge in [0.15, 0.2) is 0 Å². The van der Waals surface area contributed by atoms with Crippen LogP contribution in [0.5, 0.6) is 5.75 Å². The van der Waals surface area contributed by atoms with Crippen LogP contribution in [-0.4, -0.2) is 47.7 Å². The number of carbonyl (C=O) groups excluding carboxylic acids is 2. The molecule has 0 unspecified atom stereocenters. The number of methoxy groups -OCH3 is 1. The molecule has 1 aromatic heterocycles. The zero-order valence-electron chi connectivity index (χ0n) is 17.2. The van der Waals surface area contributed by atoms with Gasteiger partial charge in [-0.1, -0.05) is 18.2 Å². The van der Waals surface area contributed by atoms with Gasteiger partial charge in [-0.05, 0) is 43.7 Å². The minimum Gasteiger partial charge on any atom is -0.495 e. The highest BCUT2D eigenvalue weighted by atomic mass is 16.5. The molecule has 0 saturated carbocycles. The number of ether oxygens (including phenoxy) is 1. The number of nitrogens with one attached hydrogen (secondary N) is 1. The molecule has 7 nitrogen and oxygen atoms in total. The Hall–Kier alpha value is -3.61. The summed E-state index contributed by atoms with van der Waals surface area (Å²) in [5, 5.41) is 7.23. The zero-order chi connectivity index (χ0) is 21.1. The largest absolute Gasteiger partial charge is 0.495 e. The average Bonchev–Trinajstić information content (AvgIpc) is 3.09. The van der Waals surface area contributed by atoms with Crippen LogP contribution in [-0.2, 0) is 0 Å². The van der Waals surface area contributed by atoms with Crippen molar-refractivity contribution < 1.29 is 14.3 Å². The molecule has 3 aromatic rings. The Morgan fingerprint density at radius 2 is 1.83 bits per heavy atom. The van der Waals surface area contributed by atoms with Crippen LogP contribution in [0.1, 0.15) is 32.0 Å². The minimum atomic E-state index is -0.299. The molecule has 7 heteroatoms. The molecule has 0 saturated heterocycles. The molecule has 0 atom stereocenters. The smallest absolute Gasteiger partial charge is 0.259 e. The molecule has 0 aliphatic rings. The van der Waals surface area contributed by atoms with Gasteiger partial charge in [0.25, 0.3) is 11.8 Å². The lowest BCUT2D eigenvalue weighted by Gasteiger charge is -2.14. The lowest BCUT2D eigenvalue weighted by Crippen LogP contribution is -2.21. The summed E-state index contributed by atoms with van der Waals surface area (Å²) in [6, 6.07) is 12.8. The first-order chi connectivity index (χ1) is 13.8. The Morgan fingerprint density at radius 1 is 1.10 bits per heavy atom. The van der Waals surface area contributed by atoms with Crippen LogP contribution in [0.2, 0.25) is 0 Å². The molecule has 2 amide bonds. The third-order valence-electron chi connectivity index (χ3n) is 4.70. The van der Waals surface area contributed by atoms with E-state index in [0.717, 1.165) is 16.9 Å². The van der Waals surface area contributed by atoms with Crippen molar-refractivity contribution in [3.05, 3.63) is 71.0 Å². The summed E-state index contributed by atoms with van der Waals surface area (Å²) in [6.45, 7) is 3.85.